The van der Waals surface area contributed by atoms with E-state index in [1.807, 2.05) is 0 Å². The molecule has 140 valence electrons. The Morgan fingerprint density at radius 2 is 1.58 bits per heavy atom. The van der Waals surface area contributed by atoms with Crippen molar-refractivity contribution in [2.75, 3.05) is 32.7 Å². The normalized spacial score (nSPS) is 10.2. The fourth-order valence-corrected chi connectivity index (χ4v) is 1.99. The third-order valence-electron chi connectivity index (χ3n) is 3.26. The van der Waals surface area contributed by atoms with Crippen LogP contribution >= 0.6 is 0 Å². The molecule has 0 bridgehead atoms. The molecule has 0 heterocycles. The maximum atomic E-state index is 13.5. The van der Waals surface area contributed by atoms with E-state index in [4.69, 9.17) is 14.2 Å². The Labute approximate surface area is 147 Å². The van der Waals surface area contributed by atoms with Gasteiger partial charge in [-0.05, 0) is 12.1 Å². The summed E-state index contributed by atoms with van der Waals surface area (Å²) in [6, 6.07) is 5.80. The Bertz CT molecular complexity index is 765. The van der Waals surface area contributed by atoms with Gasteiger partial charge in [-0.15, -0.1) is 0 Å². The second kappa shape index (κ2) is 8.84. The summed E-state index contributed by atoms with van der Waals surface area (Å²) in [6.07, 6.45) is 0. The molecule has 0 unspecified atom stereocenters. The second-order valence-electron chi connectivity index (χ2n) is 5.00. The van der Waals surface area contributed by atoms with Gasteiger partial charge in [-0.2, -0.15) is 0 Å². The van der Waals surface area contributed by atoms with Gasteiger partial charge in [0.1, 0.15) is 23.9 Å². The minimum atomic E-state index is -1.65. The number of anilines is 1. The standard InChI is InChI=1S/C17H17F3N2O4/c1-24-10-7-11(25-2)9-12(8-10)26-6-5-21-17(23)22-14-4-3-13(18)15(19)16(14)20/h3-4,7-9H,5-6H2,1-2H3,(H2,21,22,23). The van der Waals surface area contributed by atoms with Gasteiger partial charge in [0.2, 0.25) is 0 Å². The number of carbonyl (C=O) groups is 1. The molecule has 9 heteroatoms. The third-order valence-corrected chi connectivity index (χ3v) is 3.26. The molecule has 0 aliphatic carbocycles. The molecular weight excluding hydrogens is 353 g/mol. The van der Waals surface area contributed by atoms with E-state index in [1.165, 1.54) is 14.2 Å². The summed E-state index contributed by atoms with van der Waals surface area (Å²) in [5, 5.41) is 4.49. The Kier molecular flexibility index (Phi) is 6.54. The quantitative estimate of drug-likeness (QED) is 0.580. The monoisotopic (exact) mass is 370 g/mol. The molecule has 2 aromatic rings. The minimum absolute atomic E-state index is 0.0800. The predicted molar refractivity (Wildman–Crippen MR) is 88.4 cm³/mol. The molecule has 0 spiro atoms. The van der Waals surface area contributed by atoms with E-state index in [1.54, 1.807) is 18.2 Å². The molecular formula is C17H17F3N2O4. The van der Waals surface area contributed by atoms with E-state index in [-0.39, 0.29) is 13.2 Å². The largest absolute Gasteiger partial charge is 0.496 e. The van der Waals surface area contributed by atoms with Gasteiger partial charge < -0.3 is 24.8 Å². The molecule has 0 fully saturated rings. The molecule has 0 atom stereocenters. The van der Waals surface area contributed by atoms with Crippen LogP contribution < -0.4 is 24.8 Å². The average molecular weight is 370 g/mol. The Hall–Kier alpha value is -3.10. The maximum Gasteiger partial charge on any atom is 0.319 e. The fourth-order valence-electron chi connectivity index (χ4n) is 1.99. The lowest BCUT2D eigenvalue weighted by Gasteiger charge is -2.11. The van der Waals surface area contributed by atoms with Gasteiger partial charge in [0.25, 0.3) is 0 Å². The van der Waals surface area contributed by atoms with E-state index in [2.05, 4.69) is 10.6 Å². The highest BCUT2D eigenvalue weighted by atomic mass is 19.2. The Balaban J connectivity index is 1.83. The zero-order valence-corrected chi connectivity index (χ0v) is 14.1. The van der Waals surface area contributed by atoms with Crippen LogP contribution in [0.3, 0.4) is 0 Å². The lowest BCUT2D eigenvalue weighted by molar-refractivity contribution is 0.247. The van der Waals surface area contributed by atoms with Gasteiger partial charge in [-0.3, -0.25) is 0 Å². The molecule has 26 heavy (non-hydrogen) atoms. The molecule has 2 rings (SSSR count). The molecule has 0 saturated heterocycles. The highest BCUT2D eigenvalue weighted by molar-refractivity contribution is 5.89. The first kappa shape index (κ1) is 19.2. The molecule has 0 aromatic heterocycles. The van der Waals surface area contributed by atoms with Gasteiger partial charge in [-0.1, -0.05) is 0 Å². The zero-order chi connectivity index (χ0) is 19.1. The van der Waals surface area contributed by atoms with Crippen LogP contribution in [0.15, 0.2) is 30.3 Å². The zero-order valence-electron chi connectivity index (χ0n) is 14.1. The summed E-state index contributed by atoms with van der Waals surface area (Å²) in [5.74, 6) is -2.92. The molecule has 0 radical (unpaired) electrons. The van der Waals surface area contributed by atoms with Crippen molar-refractivity contribution in [2.24, 2.45) is 0 Å². The number of rotatable bonds is 7. The fraction of sp³-hybridized carbons (Fsp3) is 0.235. The second-order valence-corrected chi connectivity index (χ2v) is 5.00. The van der Waals surface area contributed by atoms with Crippen molar-refractivity contribution in [3.05, 3.63) is 47.8 Å². The number of ether oxygens (including phenoxy) is 3. The Morgan fingerprint density at radius 3 is 2.19 bits per heavy atom. The number of hydrogen-bond donors (Lipinski definition) is 2. The van der Waals surface area contributed by atoms with E-state index >= 15 is 0 Å². The van der Waals surface area contributed by atoms with Crippen LogP contribution in [-0.4, -0.2) is 33.4 Å². The van der Waals surface area contributed by atoms with Crippen molar-refractivity contribution in [1.82, 2.24) is 5.32 Å². The first-order valence-corrected chi connectivity index (χ1v) is 7.48. The van der Waals surface area contributed by atoms with Gasteiger partial charge >= 0.3 is 6.03 Å². The van der Waals surface area contributed by atoms with Gasteiger partial charge in [0.05, 0.1) is 26.5 Å². The van der Waals surface area contributed by atoms with Crippen molar-refractivity contribution in [2.45, 2.75) is 0 Å². The summed E-state index contributed by atoms with van der Waals surface area (Å²) in [4.78, 5) is 11.7. The summed E-state index contributed by atoms with van der Waals surface area (Å²) < 4.78 is 55.1. The number of nitrogens with one attached hydrogen (secondary N) is 2. The van der Waals surface area contributed by atoms with E-state index in [0.717, 1.165) is 6.07 Å². The predicted octanol–water partition coefficient (Wildman–Crippen LogP) is 3.32. The van der Waals surface area contributed by atoms with Crippen molar-refractivity contribution in [1.29, 1.82) is 0 Å². The van der Waals surface area contributed by atoms with E-state index in [9.17, 15) is 18.0 Å². The minimum Gasteiger partial charge on any atom is -0.496 e. The van der Waals surface area contributed by atoms with Crippen LogP contribution in [0.25, 0.3) is 0 Å². The number of carbonyl (C=O) groups excluding carboxylic acids is 1. The molecule has 0 saturated carbocycles. The number of hydrogen-bond acceptors (Lipinski definition) is 4. The molecule has 0 aliphatic rings. The lowest BCUT2D eigenvalue weighted by Crippen LogP contribution is -2.32. The lowest BCUT2D eigenvalue weighted by atomic mass is 10.3. The summed E-state index contributed by atoms with van der Waals surface area (Å²) in [5.41, 5.74) is -0.472. The first-order valence-electron chi connectivity index (χ1n) is 7.48. The highest BCUT2D eigenvalue weighted by Crippen LogP contribution is 2.27. The van der Waals surface area contributed by atoms with Gasteiger partial charge in [0.15, 0.2) is 17.5 Å². The van der Waals surface area contributed by atoms with Crippen LogP contribution in [0.4, 0.5) is 23.7 Å². The number of methoxy groups -OCH3 is 2. The van der Waals surface area contributed by atoms with E-state index < -0.39 is 29.2 Å². The topological polar surface area (TPSA) is 68.8 Å². The van der Waals surface area contributed by atoms with Crippen LogP contribution in [0.5, 0.6) is 17.2 Å². The molecule has 2 amide bonds. The van der Waals surface area contributed by atoms with Gasteiger partial charge in [0, 0.05) is 18.2 Å². The maximum absolute atomic E-state index is 13.5. The summed E-state index contributed by atoms with van der Waals surface area (Å²) in [6.45, 7) is 0.181. The first-order chi connectivity index (χ1) is 12.4. The molecule has 2 aromatic carbocycles. The smallest absolute Gasteiger partial charge is 0.319 e. The van der Waals surface area contributed by atoms with E-state index in [0.29, 0.717) is 23.3 Å². The summed E-state index contributed by atoms with van der Waals surface area (Å²) >= 11 is 0. The van der Waals surface area contributed by atoms with Crippen molar-refractivity contribution in [3.63, 3.8) is 0 Å². The molecule has 0 aliphatic heterocycles. The Morgan fingerprint density at radius 1 is 0.962 bits per heavy atom. The van der Waals surface area contributed by atoms with Crippen molar-refractivity contribution < 1.29 is 32.2 Å². The van der Waals surface area contributed by atoms with Crippen LogP contribution in [0, 0.1) is 17.5 Å². The number of halogens is 3. The molecule has 2 N–H and O–H groups in total. The SMILES string of the molecule is COc1cc(OC)cc(OCCNC(=O)Nc2ccc(F)c(F)c2F)c1. The number of amides is 2. The average Bonchev–Trinajstić information content (AvgIpc) is 2.65. The van der Waals surface area contributed by atoms with Crippen LogP contribution in [0.2, 0.25) is 0 Å². The van der Waals surface area contributed by atoms with Crippen LogP contribution in [-0.2, 0) is 0 Å². The summed E-state index contributed by atoms with van der Waals surface area (Å²) in [7, 11) is 3.00. The third kappa shape index (κ3) is 4.95. The van der Waals surface area contributed by atoms with Crippen LogP contribution in [0.1, 0.15) is 0 Å². The van der Waals surface area contributed by atoms with Gasteiger partial charge in [-0.25, -0.2) is 18.0 Å². The van der Waals surface area contributed by atoms with Crippen molar-refractivity contribution in [3.8, 4) is 17.2 Å². The molecule has 6 nitrogen and oxygen atoms in total. The number of urea groups is 1. The highest BCUT2D eigenvalue weighted by Gasteiger charge is 2.15. The number of benzene rings is 2. The van der Waals surface area contributed by atoms with Crippen molar-refractivity contribution >= 4 is 11.7 Å².